The van der Waals surface area contributed by atoms with Gasteiger partial charge in [0.2, 0.25) is 0 Å². The maximum absolute atomic E-state index is 12.2. The fraction of sp³-hybridized carbons (Fsp3) is 0.500. The molecule has 1 aromatic carbocycles. The van der Waals surface area contributed by atoms with E-state index in [2.05, 4.69) is 5.32 Å². The lowest BCUT2D eigenvalue weighted by Gasteiger charge is -2.16. The zero-order chi connectivity index (χ0) is 14.8. The molecule has 3 rings (SSSR count). The van der Waals surface area contributed by atoms with Crippen LogP contribution in [0.5, 0.6) is 5.75 Å². The molecule has 0 spiro atoms. The highest BCUT2D eigenvalue weighted by Gasteiger charge is 2.32. The lowest BCUT2D eigenvalue weighted by Crippen LogP contribution is -2.33. The van der Waals surface area contributed by atoms with E-state index in [1.54, 1.807) is 6.07 Å². The molecular weight excluding hydrogens is 270 g/mol. The Morgan fingerprint density at radius 2 is 2.19 bits per heavy atom. The molecule has 5 nitrogen and oxygen atoms in total. The average molecular weight is 289 g/mol. The lowest BCUT2D eigenvalue weighted by atomic mass is 9.96. The van der Waals surface area contributed by atoms with E-state index in [9.17, 15) is 9.59 Å². The predicted octanol–water partition coefficient (Wildman–Crippen LogP) is 1.85. The van der Waals surface area contributed by atoms with Crippen molar-refractivity contribution in [2.45, 2.75) is 25.7 Å². The molecule has 0 aromatic heterocycles. The zero-order valence-corrected chi connectivity index (χ0v) is 11.8. The minimum atomic E-state index is -0.749. The second-order valence-corrected chi connectivity index (χ2v) is 5.77. The van der Waals surface area contributed by atoms with Gasteiger partial charge in [-0.15, -0.1) is 0 Å². The van der Waals surface area contributed by atoms with Crippen molar-refractivity contribution in [2.75, 3.05) is 13.2 Å². The normalized spacial score (nSPS) is 23.4. The summed E-state index contributed by atoms with van der Waals surface area (Å²) in [6.45, 7) is 1.10. The first-order valence-corrected chi connectivity index (χ1v) is 7.42. The largest absolute Gasteiger partial charge is 0.493 e. The molecule has 21 heavy (non-hydrogen) atoms. The summed E-state index contributed by atoms with van der Waals surface area (Å²) in [5.41, 5.74) is 1.68. The molecule has 0 saturated heterocycles. The van der Waals surface area contributed by atoms with Crippen LogP contribution in [0.2, 0.25) is 0 Å². The minimum Gasteiger partial charge on any atom is -0.493 e. The number of fused-ring (bicyclic) bond motifs is 1. The monoisotopic (exact) mass is 289 g/mol. The Labute approximate surface area is 123 Å². The summed E-state index contributed by atoms with van der Waals surface area (Å²) in [6.07, 6.45) is 3.34. The van der Waals surface area contributed by atoms with Crippen LogP contribution in [0.15, 0.2) is 18.2 Å². The van der Waals surface area contributed by atoms with Crippen molar-refractivity contribution in [1.29, 1.82) is 0 Å². The van der Waals surface area contributed by atoms with Crippen molar-refractivity contribution >= 4 is 11.9 Å². The average Bonchev–Trinajstić information content (AvgIpc) is 3.12. The Morgan fingerprint density at radius 1 is 1.33 bits per heavy atom. The van der Waals surface area contributed by atoms with Crippen molar-refractivity contribution in [3.05, 3.63) is 29.3 Å². The molecule has 0 bridgehead atoms. The number of benzene rings is 1. The SMILES string of the molecule is O=C(NCC1CCCC1C(=O)O)c1ccc2c(c1)CCO2. The van der Waals surface area contributed by atoms with Crippen molar-refractivity contribution < 1.29 is 19.4 Å². The molecule has 1 aliphatic heterocycles. The summed E-state index contributed by atoms with van der Waals surface area (Å²) in [5.74, 6) is -0.307. The number of carboxylic acids is 1. The fourth-order valence-corrected chi connectivity index (χ4v) is 3.26. The maximum atomic E-state index is 12.2. The van der Waals surface area contributed by atoms with Crippen LogP contribution in [0.1, 0.15) is 35.2 Å². The molecule has 1 heterocycles. The van der Waals surface area contributed by atoms with Crippen LogP contribution in [0.25, 0.3) is 0 Å². The Balaban J connectivity index is 1.60. The molecule has 1 fully saturated rings. The molecule has 2 aliphatic rings. The van der Waals surface area contributed by atoms with Gasteiger partial charge in [0.15, 0.2) is 0 Å². The van der Waals surface area contributed by atoms with Crippen molar-refractivity contribution in [1.82, 2.24) is 5.32 Å². The van der Waals surface area contributed by atoms with Crippen LogP contribution in [0, 0.1) is 11.8 Å². The third-order valence-corrected chi connectivity index (χ3v) is 4.45. The van der Waals surface area contributed by atoms with Gasteiger partial charge in [-0.1, -0.05) is 6.42 Å². The number of carbonyl (C=O) groups excluding carboxylic acids is 1. The first-order chi connectivity index (χ1) is 10.1. The van der Waals surface area contributed by atoms with E-state index in [1.807, 2.05) is 12.1 Å². The van der Waals surface area contributed by atoms with E-state index in [0.29, 0.717) is 25.1 Å². The third kappa shape index (κ3) is 2.86. The molecule has 2 unspecified atom stereocenters. The summed E-state index contributed by atoms with van der Waals surface area (Å²) in [5, 5.41) is 12.0. The van der Waals surface area contributed by atoms with Gasteiger partial charge in [0.25, 0.3) is 5.91 Å². The minimum absolute atomic E-state index is 0.0456. The van der Waals surface area contributed by atoms with Crippen molar-refractivity contribution in [2.24, 2.45) is 11.8 Å². The van der Waals surface area contributed by atoms with Gasteiger partial charge in [0, 0.05) is 18.5 Å². The summed E-state index contributed by atoms with van der Waals surface area (Å²) in [4.78, 5) is 23.3. The summed E-state index contributed by atoms with van der Waals surface area (Å²) in [7, 11) is 0. The van der Waals surface area contributed by atoms with Gasteiger partial charge in [-0.3, -0.25) is 9.59 Å². The zero-order valence-electron chi connectivity index (χ0n) is 11.8. The Bertz CT molecular complexity index is 569. The molecule has 1 aromatic rings. The molecule has 112 valence electrons. The standard InChI is InChI=1S/C16H19NO4/c18-15(11-4-5-14-10(8-11)6-7-21-14)17-9-12-2-1-3-13(12)16(19)20/h4-5,8,12-13H,1-3,6-7,9H2,(H,17,18)(H,19,20). The van der Waals surface area contributed by atoms with Crippen LogP contribution in [-0.2, 0) is 11.2 Å². The summed E-state index contributed by atoms with van der Waals surface area (Å²) >= 11 is 0. The van der Waals surface area contributed by atoms with Crippen LogP contribution >= 0.6 is 0 Å². The second-order valence-electron chi connectivity index (χ2n) is 5.77. The van der Waals surface area contributed by atoms with Crippen molar-refractivity contribution in [3.8, 4) is 5.75 Å². The number of nitrogens with one attached hydrogen (secondary N) is 1. The molecule has 1 aliphatic carbocycles. The van der Waals surface area contributed by atoms with E-state index >= 15 is 0 Å². The number of rotatable bonds is 4. The van der Waals surface area contributed by atoms with Gasteiger partial charge in [-0.2, -0.15) is 0 Å². The Hall–Kier alpha value is -2.04. The predicted molar refractivity (Wildman–Crippen MR) is 76.4 cm³/mol. The van der Waals surface area contributed by atoms with E-state index in [0.717, 1.165) is 30.6 Å². The van der Waals surface area contributed by atoms with E-state index in [1.165, 1.54) is 0 Å². The summed E-state index contributed by atoms with van der Waals surface area (Å²) < 4.78 is 5.42. The molecule has 2 N–H and O–H groups in total. The van der Waals surface area contributed by atoms with Crippen molar-refractivity contribution in [3.63, 3.8) is 0 Å². The number of amides is 1. The smallest absolute Gasteiger partial charge is 0.306 e. The topological polar surface area (TPSA) is 75.6 Å². The van der Waals surface area contributed by atoms with E-state index < -0.39 is 5.97 Å². The van der Waals surface area contributed by atoms with Gasteiger partial charge in [0.1, 0.15) is 5.75 Å². The number of ether oxygens (including phenoxy) is 1. The molecular formula is C16H19NO4. The van der Waals surface area contributed by atoms with Crippen LogP contribution < -0.4 is 10.1 Å². The van der Waals surface area contributed by atoms with Gasteiger partial charge in [-0.05, 0) is 42.5 Å². The maximum Gasteiger partial charge on any atom is 0.306 e. The highest BCUT2D eigenvalue weighted by molar-refractivity contribution is 5.94. The summed E-state index contributed by atoms with van der Waals surface area (Å²) in [6, 6.07) is 5.44. The fourth-order valence-electron chi connectivity index (χ4n) is 3.26. The lowest BCUT2D eigenvalue weighted by molar-refractivity contribution is -0.142. The Kier molecular flexibility index (Phi) is 3.82. The number of aliphatic carboxylic acids is 1. The van der Waals surface area contributed by atoms with E-state index in [-0.39, 0.29) is 17.7 Å². The number of hydrogen-bond acceptors (Lipinski definition) is 3. The Morgan fingerprint density at radius 3 is 3.00 bits per heavy atom. The molecule has 0 radical (unpaired) electrons. The van der Waals surface area contributed by atoms with Crippen LogP contribution in [0.3, 0.4) is 0 Å². The van der Waals surface area contributed by atoms with Crippen LogP contribution in [0.4, 0.5) is 0 Å². The van der Waals surface area contributed by atoms with Gasteiger partial charge in [-0.25, -0.2) is 0 Å². The third-order valence-electron chi connectivity index (χ3n) is 4.45. The number of hydrogen-bond donors (Lipinski definition) is 2. The molecule has 5 heteroatoms. The quantitative estimate of drug-likeness (QED) is 0.887. The number of carboxylic acid groups (broad SMARTS) is 1. The molecule has 2 atom stereocenters. The number of carbonyl (C=O) groups is 2. The molecule has 1 saturated carbocycles. The van der Waals surface area contributed by atoms with Gasteiger partial charge in [0.05, 0.1) is 12.5 Å². The van der Waals surface area contributed by atoms with Gasteiger partial charge >= 0.3 is 5.97 Å². The highest BCUT2D eigenvalue weighted by Crippen LogP contribution is 2.31. The first kappa shape index (κ1) is 13.9. The highest BCUT2D eigenvalue weighted by atomic mass is 16.5. The molecule has 1 amide bonds. The van der Waals surface area contributed by atoms with E-state index in [4.69, 9.17) is 9.84 Å². The van der Waals surface area contributed by atoms with Gasteiger partial charge < -0.3 is 15.2 Å². The first-order valence-electron chi connectivity index (χ1n) is 7.42. The second kappa shape index (κ2) is 5.76. The van der Waals surface area contributed by atoms with Crippen LogP contribution in [-0.4, -0.2) is 30.1 Å².